The lowest BCUT2D eigenvalue weighted by Crippen LogP contribution is -2.30. The van der Waals surface area contributed by atoms with Gasteiger partial charge in [0.2, 0.25) is 11.9 Å². The van der Waals surface area contributed by atoms with Crippen molar-refractivity contribution in [3.63, 3.8) is 0 Å². The van der Waals surface area contributed by atoms with Gasteiger partial charge in [-0.15, -0.1) is 0 Å². The van der Waals surface area contributed by atoms with Gasteiger partial charge in [-0.1, -0.05) is 0 Å². The Morgan fingerprint density at radius 2 is 1.79 bits per heavy atom. The molecule has 0 atom stereocenters. The number of carbonyl (C=O) groups is 1. The number of nitrogens with one attached hydrogen (secondary N) is 2. The van der Waals surface area contributed by atoms with E-state index in [0.29, 0.717) is 28.4 Å². The summed E-state index contributed by atoms with van der Waals surface area (Å²) in [7, 11) is 1.56. The largest absolute Gasteiger partial charge is 0.497 e. The van der Waals surface area contributed by atoms with Gasteiger partial charge in [-0.2, -0.15) is 0 Å². The Kier molecular flexibility index (Phi) is 5.92. The highest BCUT2D eigenvalue weighted by Crippen LogP contribution is 2.18. The lowest BCUT2D eigenvalue weighted by molar-refractivity contribution is -0.116. The highest BCUT2D eigenvalue weighted by atomic mass is 19.1. The first kappa shape index (κ1) is 20.1. The van der Waals surface area contributed by atoms with Crippen molar-refractivity contribution in [2.24, 2.45) is 0 Å². The van der Waals surface area contributed by atoms with Crippen LogP contribution in [0.25, 0.3) is 0 Å². The van der Waals surface area contributed by atoms with E-state index in [0.717, 1.165) is 0 Å². The first-order chi connectivity index (χ1) is 13.9. The Hall–Kier alpha value is -3.68. The average molecular weight is 396 g/mol. The van der Waals surface area contributed by atoms with Crippen LogP contribution in [0.2, 0.25) is 0 Å². The van der Waals surface area contributed by atoms with Crippen LogP contribution < -0.4 is 20.9 Å². The summed E-state index contributed by atoms with van der Waals surface area (Å²) < 4.78 is 19.8. The van der Waals surface area contributed by atoms with Crippen LogP contribution in [0.15, 0.2) is 53.3 Å². The topological polar surface area (TPSA) is 85.2 Å². The molecular formula is C21H21FN4O3. The molecule has 29 heavy (non-hydrogen) atoms. The molecule has 0 unspecified atom stereocenters. The van der Waals surface area contributed by atoms with Gasteiger partial charge < -0.3 is 15.4 Å². The smallest absolute Gasteiger partial charge is 0.255 e. The maximum atomic E-state index is 13.5. The van der Waals surface area contributed by atoms with Crippen LogP contribution in [0.4, 0.5) is 21.7 Å². The number of aromatic nitrogens is 2. The summed E-state index contributed by atoms with van der Waals surface area (Å²) in [5.41, 5.74) is 1.72. The minimum absolute atomic E-state index is 0.200. The van der Waals surface area contributed by atoms with Crippen molar-refractivity contribution in [3.8, 4) is 5.75 Å². The summed E-state index contributed by atoms with van der Waals surface area (Å²) in [5, 5.41) is 5.73. The number of amides is 1. The molecule has 0 aliphatic rings. The second kappa shape index (κ2) is 8.55. The second-order valence-corrected chi connectivity index (χ2v) is 6.51. The zero-order chi connectivity index (χ0) is 21.0. The summed E-state index contributed by atoms with van der Waals surface area (Å²) in [6, 6.07) is 12.7. The molecule has 8 heteroatoms. The summed E-state index contributed by atoms with van der Waals surface area (Å²) >= 11 is 0. The predicted octanol–water partition coefficient (Wildman–Crippen LogP) is 3.39. The summed E-state index contributed by atoms with van der Waals surface area (Å²) in [6.45, 7) is 3.09. The van der Waals surface area contributed by atoms with Crippen LogP contribution in [0.5, 0.6) is 5.75 Å². The molecule has 1 heterocycles. The molecule has 3 rings (SSSR count). The van der Waals surface area contributed by atoms with Crippen LogP contribution in [0, 0.1) is 19.7 Å². The van der Waals surface area contributed by atoms with Crippen LogP contribution >= 0.6 is 0 Å². The molecule has 0 saturated carbocycles. The standard InChI is InChI=1S/C21H21FN4O3/c1-13-10-16(6-9-18(13)22)25-21-23-14(2)11-20(28)26(21)12-19(27)24-15-4-7-17(29-3)8-5-15/h4-11H,12H2,1-3H3,(H,23,25)(H,24,27). The summed E-state index contributed by atoms with van der Waals surface area (Å²) in [4.78, 5) is 29.3. The van der Waals surface area contributed by atoms with Gasteiger partial charge in [0.1, 0.15) is 18.1 Å². The maximum absolute atomic E-state index is 13.5. The van der Waals surface area contributed by atoms with Crippen LogP contribution in [0.1, 0.15) is 11.3 Å². The predicted molar refractivity (Wildman–Crippen MR) is 109 cm³/mol. The van der Waals surface area contributed by atoms with Crippen LogP contribution in [-0.2, 0) is 11.3 Å². The number of carbonyl (C=O) groups excluding carboxylic acids is 1. The van der Waals surface area contributed by atoms with Crippen molar-refractivity contribution in [2.75, 3.05) is 17.7 Å². The number of hydrogen-bond acceptors (Lipinski definition) is 5. The van der Waals surface area contributed by atoms with Gasteiger partial charge in [-0.05, 0) is 61.9 Å². The Labute approximate surface area is 167 Å². The number of rotatable bonds is 6. The second-order valence-electron chi connectivity index (χ2n) is 6.51. The lowest BCUT2D eigenvalue weighted by atomic mass is 10.2. The van der Waals surface area contributed by atoms with Crippen molar-refractivity contribution < 1.29 is 13.9 Å². The van der Waals surface area contributed by atoms with E-state index in [1.807, 2.05) is 0 Å². The van der Waals surface area contributed by atoms with Gasteiger partial charge >= 0.3 is 0 Å². The number of hydrogen-bond donors (Lipinski definition) is 2. The van der Waals surface area contributed by atoms with E-state index in [1.165, 1.54) is 16.7 Å². The van der Waals surface area contributed by atoms with E-state index in [2.05, 4.69) is 15.6 Å². The number of ether oxygens (including phenoxy) is 1. The zero-order valence-corrected chi connectivity index (χ0v) is 16.3. The quantitative estimate of drug-likeness (QED) is 0.667. The van der Waals surface area contributed by atoms with E-state index in [4.69, 9.17) is 4.74 Å². The van der Waals surface area contributed by atoms with Crippen LogP contribution in [0.3, 0.4) is 0 Å². The van der Waals surface area contributed by atoms with Gasteiger partial charge in [0.15, 0.2) is 0 Å². The SMILES string of the molecule is COc1ccc(NC(=O)Cn2c(Nc3ccc(F)c(C)c3)nc(C)cc2=O)cc1. The molecule has 0 aliphatic heterocycles. The Morgan fingerprint density at radius 3 is 2.45 bits per heavy atom. The number of nitrogens with zero attached hydrogens (tertiary/aromatic N) is 2. The van der Waals surface area contributed by atoms with Crippen molar-refractivity contribution >= 4 is 23.2 Å². The van der Waals surface area contributed by atoms with E-state index in [-0.39, 0.29) is 29.8 Å². The number of methoxy groups -OCH3 is 1. The molecule has 0 spiro atoms. The first-order valence-electron chi connectivity index (χ1n) is 8.91. The maximum Gasteiger partial charge on any atom is 0.255 e. The van der Waals surface area contributed by atoms with Crippen molar-refractivity contribution in [1.82, 2.24) is 9.55 Å². The molecule has 0 aliphatic carbocycles. The molecule has 0 bridgehead atoms. The third-order valence-corrected chi connectivity index (χ3v) is 4.23. The number of halogens is 1. The molecule has 0 fully saturated rings. The van der Waals surface area contributed by atoms with Crippen molar-refractivity contribution in [1.29, 1.82) is 0 Å². The van der Waals surface area contributed by atoms with Gasteiger partial charge in [-0.25, -0.2) is 9.37 Å². The minimum atomic E-state index is -0.388. The van der Waals surface area contributed by atoms with E-state index in [9.17, 15) is 14.0 Å². The molecule has 7 nitrogen and oxygen atoms in total. The molecule has 0 saturated heterocycles. The highest BCUT2D eigenvalue weighted by molar-refractivity contribution is 5.90. The Morgan fingerprint density at radius 1 is 1.10 bits per heavy atom. The highest BCUT2D eigenvalue weighted by Gasteiger charge is 2.13. The monoisotopic (exact) mass is 396 g/mol. The number of benzene rings is 2. The normalized spacial score (nSPS) is 10.5. The molecule has 150 valence electrons. The molecular weight excluding hydrogens is 375 g/mol. The van der Waals surface area contributed by atoms with Gasteiger partial charge in [0, 0.05) is 23.1 Å². The average Bonchev–Trinajstić information content (AvgIpc) is 2.68. The minimum Gasteiger partial charge on any atom is -0.497 e. The fourth-order valence-corrected chi connectivity index (χ4v) is 2.74. The first-order valence-corrected chi connectivity index (χ1v) is 8.91. The third kappa shape index (κ3) is 4.98. The van der Waals surface area contributed by atoms with E-state index >= 15 is 0 Å². The molecule has 0 radical (unpaired) electrons. The molecule has 1 amide bonds. The fourth-order valence-electron chi connectivity index (χ4n) is 2.74. The zero-order valence-electron chi connectivity index (χ0n) is 16.3. The summed E-state index contributed by atoms with van der Waals surface area (Å²) in [6.07, 6.45) is 0. The fraction of sp³-hybridized carbons (Fsp3) is 0.190. The van der Waals surface area contributed by atoms with Gasteiger partial charge in [0.05, 0.1) is 7.11 Å². The van der Waals surface area contributed by atoms with Crippen LogP contribution in [-0.4, -0.2) is 22.6 Å². The number of aryl methyl sites for hydroxylation is 2. The van der Waals surface area contributed by atoms with Crippen molar-refractivity contribution in [3.05, 3.63) is 76.0 Å². The lowest BCUT2D eigenvalue weighted by Gasteiger charge is -2.15. The Balaban J connectivity index is 1.83. The van der Waals surface area contributed by atoms with E-state index < -0.39 is 0 Å². The third-order valence-electron chi connectivity index (χ3n) is 4.23. The van der Waals surface area contributed by atoms with Crippen molar-refractivity contribution in [2.45, 2.75) is 20.4 Å². The Bertz CT molecular complexity index is 1090. The number of anilines is 3. The summed E-state index contributed by atoms with van der Waals surface area (Å²) in [5.74, 6) is 0.152. The van der Waals surface area contributed by atoms with E-state index in [1.54, 1.807) is 57.4 Å². The molecule has 3 aromatic rings. The molecule has 2 N–H and O–H groups in total. The molecule has 2 aromatic carbocycles. The van der Waals surface area contributed by atoms with Gasteiger partial charge in [-0.3, -0.25) is 14.2 Å². The molecule has 1 aromatic heterocycles. The van der Waals surface area contributed by atoms with Gasteiger partial charge in [0.25, 0.3) is 5.56 Å².